The van der Waals surface area contributed by atoms with E-state index in [2.05, 4.69) is 11.6 Å². The third kappa shape index (κ3) is 3.97. The Kier molecular flexibility index (Phi) is 4.97. The van der Waals surface area contributed by atoms with Crippen LogP contribution in [0, 0.1) is 6.92 Å². The summed E-state index contributed by atoms with van der Waals surface area (Å²) in [4.78, 5) is 0.448. The zero-order valence-electron chi connectivity index (χ0n) is 12.2. The lowest BCUT2D eigenvalue weighted by atomic mass is 10.1. The zero-order chi connectivity index (χ0) is 15.7. The van der Waals surface area contributed by atoms with Gasteiger partial charge >= 0.3 is 0 Å². The van der Waals surface area contributed by atoms with E-state index in [1.165, 1.54) is 0 Å². The minimum absolute atomic E-state index is 0.0121. The molecule has 1 aromatic rings. The molecule has 3 N–H and O–H groups in total. The topological polar surface area (TPSA) is 72.2 Å². The molecule has 0 spiro atoms. The van der Waals surface area contributed by atoms with Crippen molar-refractivity contribution in [2.45, 2.75) is 36.3 Å². The highest BCUT2D eigenvalue weighted by Gasteiger charge is 2.31. The Balaban J connectivity index is 2.23. The van der Waals surface area contributed by atoms with Crippen molar-refractivity contribution in [2.75, 3.05) is 12.3 Å². The van der Waals surface area contributed by atoms with Crippen LogP contribution in [0.15, 0.2) is 23.1 Å². The quantitative estimate of drug-likeness (QED) is 0.801. The highest BCUT2D eigenvalue weighted by atomic mass is 32.2. The highest BCUT2D eigenvalue weighted by molar-refractivity contribution is 8.01. The van der Waals surface area contributed by atoms with Crippen molar-refractivity contribution in [1.29, 1.82) is 0 Å². The summed E-state index contributed by atoms with van der Waals surface area (Å²) in [6, 6.07) is 5.02. The van der Waals surface area contributed by atoms with E-state index in [1.54, 1.807) is 25.1 Å². The number of nitrogens with two attached hydrogens (primary N) is 1. The number of hydrogen-bond donors (Lipinski definition) is 2. The summed E-state index contributed by atoms with van der Waals surface area (Å²) in [6.07, 6.45) is 2.17. The molecule has 4 nitrogen and oxygen atoms in total. The monoisotopic (exact) mass is 344 g/mol. The molecular formula is C14H20N2O2S3. The van der Waals surface area contributed by atoms with Crippen molar-refractivity contribution in [3.63, 3.8) is 0 Å². The summed E-state index contributed by atoms with van der Waals surface area (Å²) in [5, 5.41) is 0. The van der Waals surface area contributed by atoms with E-state index in [-0.39, 0.29) is 14.6 Å². The molecular weight excluding hydrogens is 324 g/mol. The first kappa shape index (κ1) is 16.7. The lowest BCUT2D eigenvalue weighted by molar-refractivity contribution is 0.552. The second kappa shape index (κ2) is 6.24. The molecule has 0 aromatic heterocycles. The Morgan fingerprint density at radius 3 is 2.81 bits per heavy atom. The van der Waals surface area contributed by atoms with Gasteiger partial charge in [0.05, 0.1) is 4.90 Å². The molecule has 7 heteroatoms. The van der Waals surface area contributed by atoms with Gasteiger partial charge < -0.3 is 5.73 Å². The molecule has 1 saturated heterocycles. The van der Waals surface area contributed by atoms with Crippen molar-refractivity contribution < 1.29 is 8.42 Å². The minimum Gasteiger partial charge on any atom is -0.389 e. The maximum absolute atomic E-state index is 12.5. The summed E-state index contributed by atoms with van der Waals surface area (Å²) in [5.74, 6) is 1.09. The number of hydrogen-bond acceptors (Lipinski definition) is 4. The summed E-state index contributed by atoms with van der Waals surface area (Å²) in [6.45, 7) is 4.31. The van der Waals surface area contributed by atoms with Gasteiger partial charge in [0.25, 0.3) is 0 Å². The van der Waals surface area contributed by atoms with Gasteiger partial charge in [0.2, 0.25) is 10.0 Å². The van der Waals surface area contributed by atoms with Crippen LogP contribution in [0.1, 0.15) is 30.9 Å². The van der Waals surface area contributed by atoms with Gasteiger partial charge in [0.1, 0.15) is 4.99 Å². The fraction of sp³-hybridized carbons (Fsp3) is 0.500. The Bertz CT molecular complexity index is 650. The van der Waals surface area contributed by atoms with Crippen LogP contribution in [-0.2, 0) is 10.0 Å². The van der Waals surface area contributed by atoms with Crippen LogP contribution in [0.5, 0.6) is 0 Å². The molecule has 116 valence electrons. The number of rotatable bonds is 5. The number of nitrogens with one attached hydrogen (secondary N) is 1. The molecule has 0 aliphatic carbocycles. The Labute approximate surface area is 135 Å². The SMILES string of the molecule is Cc1ccc(C(N)=S)cc1S(=O)(=O)NCC1(C)CCCS1. The van der Waals surface area contributed by atoms with Crippen LogP contribution in [0.3, 0.4) is 0 Å². The minimum atomic E-state index is -3.55. The molecule has 2 rings (SSSR count). The summed E-state index contributed by atoms with van der Waals surface area (Å²) < 4.78 is 27.8. The van der Waals surface area contributed by atoms with E-state index in [0.29, 0.717) is 17.7 Å². The Morgan fingerprint density at radius 1 is 1.52 bits per heavy atom. The predicted molar refractivity (Wildman–Crippen MR) is 92.4 cm³/mol. The predicted octanol–water partition coefficient (Wildman–Crippen LogP) is 2.19. The van der Waals surface area contributed by atoms with E-state index in [9.17, 15) is 8.42 Å². The molecule has 1 atom stereocenters. The third-order valence-electron chi connectivity index (χ3n) is 3.70. The van der Waals surface area contributed by atoms with Gasteiger partial charge in [-0.2, -0.15) is 11.8 Å². The van der Waals surface area contributed by atoms with Gasteiger partial charge in [-0.05, 0) is 44.1 Å². The van der Waals surface area contributed by atoms with Crippen LogP contribution in [0.4, 0.5) is 0 Å². The van der Waals surface area contributed by atoms with Crippen molar-refractivity contribution in [3.8, 4) is 0 Å². The Hall–Kier alpha value is -0.630. The normalized spacial score (nSPS) is 22.4. The second-order valence-corrected chi connectivity index (χ2v) is 9.43. The van der Waals surface area contributed by atoms with E-state index in [4.69, 9.17) is 18.0 Å². The lowest BCUT2D eigenvalue weighted by Gasteiger charge is -2.23. The molecule has 1 unspecified atom stereocenters. The van der Waals surface area contributed by atoms with Crippen LogP contribution >= 0.6 is 24.0 Å². The maximum Gasteiger partial charge on any atom is 0.240 e. The van der Waals surface area contributed by atoms with Gasteiger partial charge in [-0.15, -0.1) is 0 Å². The van der Waals surface area contributed by atoms with Gasteiger partial charge in [-0.1, -0.05) is 24.4 Å². The maximum atomic E-state index is 12.5. The largest absolute Gasteiger partial charge is 0.389 e. The Morgan fingerprint density at radius 2 is 2.24 bits per heavy atom. The van der Waals surface area contributed by atoms with E-state index in [0.717, 1.165) is 18.6 Å². The molecule has 1 heterocycles. The number of benzene rings is 1. The number of sulfonamides is 1. The molecule has 0 radical (unpaired) electrons. The zero-order valence-corrected chi connectivity index (χ0v) is 14.6. The summed E-state index contributed by atoms with van der Waals surface area (Å²) in [7, 11) is -3.55. The van der Waals surface area contributed by atoms with Gasteiger partial charge in [-0.3, -0.25) is 0 Å². The second-order valence-electron chi connectivity index (χ2n) is 5.57. The average molecular weight is 345 g/mol. The van der Waals surface area contributed by atoms with Gasteiger partial charge in [0.15, 0.2) is 0 Å². The highest BCUT2D eigenvalue weighted by Crippen LogP contribution is 2.37. The van der Waals surface area contributed by atoms with Gasteiger partial charge in [0, 0.05) is 16.9 Å². The fourth-order valence-corrected chi connectivity index (χ4v) is 5.25. The van der Waals surface area contributed by atoms with Crippen molar-refractivity contribution in [3.05, 3.63) is 29.3 Å². The number of thiocarbonyl (C=S) groups is 1. The van der Waals surface area contributed by atoms with Crippen LogP contribution < -0.4 is 10.5 Å². The number of aryl methyl sites for hydroxylation is 1. The molecule has 1 aromatic carbocycles. The first-order valence-corrected chi connectivity index (χ1v) is 9.65. The van der Waals surface area contributed by atoms with Crippen LogP contribution in [-0.4, -0.2) is 30.5 Å². The van der Waals surface area contributed by atoms with E-state index >= 15 is 0 Å². The molecule has 21 heavy (non-hydrogen) atoms. The standard InChI is InChI=1S/C14H20N2O2S3/c1-10-4-5-11(13(15)19)8-12(10)21(17,18)16-9-14(2)6-3-7-20-14/h4-5,8,16H,3,6-7,9H2,1-2H3,(H2,15,19). The smallest absolute Gasteiger partial charge is 0.240 e. The van der Waals surface area contributed by atoms with Crippen LogP contribution in [0.2, 0.25) is 0 Å². The van der Waals surface area contributed by atoms with Crippen molar-refractivity contribution in [2.24, 2.45) is 5.73 Å². The lowest BCUT2D eigenvalue weighted by Crippen LogP contribution is -2.37. The molecule has 0 amide bonds. The fourth-order valence-electron chi connectivity index (χ4n) is 2.34. The first-order chi connectivity index (χ1) is 9.73. The molecule has 1 aliphatic rings. The van der Waals surface area contributed by atoms with Crippen LogP contribution in [0.25, 0.3) is 0 Å². The van der Waals surface area contributed by atoms with Crippen molar-refractivity contribution >= 4 is 39.0 Å². The molecule has 0 saturated carbocycles. The first-order valence-electron chi connectivity index (χ1n) is 6.78. The summed E-state index contributed by atoms with van der Waals surface area (Å²) >= 11 is 6.74. The third-order valence-corrected chi connectivity index (χ3v) is 7.02. The van der Waals surface area contributed by atoms with E-state index in [1.807, 2.05) is 11.8 Å². The average Bonchev–Trinajstić information content (AvgIpc) is 2.84. The molecule has 0 bridgehead atoms. The summed E-state index contributed by atoms with van der Waals surface area (Å²) in [5.41, 5.74) is 6.84. The van der Waals surface area contributed by atoms with E-state index < -0.39 is 10.0 Å². The molecule has 1 fully saturated rings. The van der Waals surface area contributed by atoms with Gasteiger partial charge in [-0.25, -0.2) is 13.1 Å². The molecule has 1 aliphatic heterocycles. The van der Waals surface area contributed by atoms with Crippen molar-refractivity contribution in [1.82, 2.24) is 4.72 Å². The number of thioether (sulfide) groups is 1.